The summed E-state index contributed by atoms with van der Waals surface area (Å²) in [6.45, 7) is -0.379. The number of halogens is 3. The van der Waals surface area contributed by atoms with Crippen molar-refractivity contribution in [3.05, 3.63) is 77.9 Å². The second kappa shape index (κ2) is 7.65. The van der Waals surface area contributed by atoms with E-state index in [4.69, 9.17) is 0 Å². The average molecular weight is 401 g/mol. The van der Waals surface area contributed by atoms with Gasteiger partial charge in [0.2, 0.25) is 5.91 Å². The molecule has 3 heterocycles. The maximum Gasteiger partial charge on any atom is 0.267 e. The lowest BCUT2D eigenvalue weighted by atomic mass is 10.1. The first-order valence-corrected chi connectivity index (χ1v) is 9.10. The van der Waals surface area contributed by atoms with Gasteiger partial charge in [-0.1, -0.05) is 18.2 Å². The molecule has 2 aromatic heterocycles. The molecule has 3 aromatic rings. The first-order valence-electron chi connectivity index (χ1n) is 9.10. The lowest BCUT2D eigenvalue weighted by molar-refractivity contribution is -0.132. The Morgan fingerprint density at radius 2 is 1.97 bits per heavy atom. The molecule has 150 valence electrons. The Hall–Kier alpha value is -3.23. The van der Waals surface area contributed by atoms with E-state index in [1.165, 1.54) is 24.7 Å². The predicted molar refractivity (Wildman–Crippen MR) is 97.5 cm³/mol. The lowest BCUT2D eigenvalue weighted by Gasteiger charge is -2.24. The Balaban J connectivity index is 1.58. The molecule has 1 aliphatic rings. The molecular formula is C20H18F3N5O. The summed E-state index contributed by atoms with van der Waals surface area (Å²) in [5, 5.41) is 7.87. The molecule has 6 nitrogen and oxygen atoms in total. The summed E-state index contributed by atoms with van der Waals surface area (Å²) in [5.74, 6) is -3.51. The second-order valence-electron chi connectivity index (χ2n) is 7.08. The minimum absolute atomic E-state index is 0.0213. The van der Waals surface area contributed by atoms with Gasteiger partial charge in [0.25, 0.3) is 5.92 Å². The van der Waals surface area contributed by atoms with Crippen LogP contribution >= 0.6 is 0 Å². The third kappa shape index (κ3) is 4.28. The van der Waals surface area contributed by atoms with Crippen molar-refractivity contribution in [3.63, 3.8) is 0 Å². The number of benzene rings is 1. The minimum Gasteiger partial charge on any atom is -0.326 e. The average Bonchev–Trinajstić information content (AvgIpc) is 3.27. The molecule has 29 heavy (non-hydrogen) atoms. The molecule has 0 bridgehead atoms. The topological polar surface area (TPSA) is 63.9 Å². The highest BCUT2D eigenvalue weighted by Gasteiger charge is 2.49. The van der Waals surface area contributed by atoms with Crippen molar-refractivity contribution in [3.8, 4) is 0 Å². The smallest absolute Gasteiger partial charge is 0.267 e. The van der Waals surface area contributed by atoms with Crippen LogP contribution in [0, 0.1) is 5.82 Å². The molecule has 0 radical (unpaired) electrons. The fraction of sp³-hybridized carbons (Fsp3) is 0.300. The third-order valence-corrected chi connectivity index (χ3v) is 4.88. The van der Waals surface area contributed by atoms with Crippen molar-refractivity contribution >= 4 is 5.91 Å². The molecule has 1 aromatic carbocycles. The zero-order valence-corrected chi connectivity index (χ0v) is 15.4. The van der Waals surface area contributed by atoms with Crippen LogP contribution in [0.1, 0.15) is 29.4 Å². The molecule has 0 saturated carbocycles. The Kier molecular flexibility index (Phi) is 5.04. The summed E-state index contributed by atoms with van der Waals surface area (Å²) >= 11 is 0. The Morgan fingerprint density at radius 3 is 2.69 bits per heavy atom. The van der Waals surface area contributed by atoms with Crippen LogP contribution in [0.15, 0.2) is 55.1 Å². The quantitative estimate of drug-likeness (QED) is 0.659. The molecule has 1 saturated heterocycles. The Labute approximate surface area is 165 Å². The van der Waals surface area contributed by atoms with Crippen LogP contribution in [0.3, 0.4) is 0 Å². The van der Waals surface area contributed by atoms with Gasteiger partial charge < -0.3 is 9.47 Å². The molecule has 9 heteroatoms. The second-order valence-corrected chi connectivity index (χ2v) is 7.08. The van der Waals surface area contributed by atoms with Gasteiger partial charge in [-0.25, -0.2) is 13.2 Å². The first-order chi connectivity index (χ1) is 13.9. The van der Waals surface area contributed by atoms with Crippen LogP contribution in [0.5, 0.6) is 0 Å². The summed E-state index contributed by atoms with van der Waals surface area (Å²) in [5.41, 5.74) is 1.42. The molecular weight excluding hydrogens is 383 g/mol. The van der Waals surface area contributed by atoms with E-state index in [2.05, 4.69) is 15.2 Å². The van der Waals surface area contributed by atoms with Crippen LogP contribution in [-0.2, 0) is 17.8 Å². The summed E-state index contributed by atoms with van der Waals surface area (Å²) in [6, 6.07) is 8.39. The van der Waals surface area contributed by atoms with Crippen LogP contribution in [0.2, 0.25) is 0 Å². The van der Waals surface area contributed by atoms with E-state index >= 15 is 0 Å². The number of hydrogen-bond donors (Lipinski definition) is 0. The highest BCUT2D eigenvalue weighted by atomic mass is 19.3. The van der Waals surface area contributed by atoms with Gasteiger partial charge in [-0.3, -0.25) is 9.78 Å². The van der Waals surface area contributed by atoms with Crippen molar-refractivity contribution in [1.82, 2.24) is 24.6 Å². The van der Waals surface area contributed by atoms with E-state index < -0.39 is 30.8 Å². The van der Waals surface area contributed by atoms with Gasteiger partial charge in [-0.05, 0) is 29.3 Å². The van der Waals surface area contributed by atoms with Gasteiger partial charge in [0.15, 0.2) is 5.82 Å². The SMILES string of the molecule is O=C(Cc1cccnc1)N1CC(F)(F)C[C@H]1c1nncn1Cc1ccc(F)cc1. The molecule has 1 fully saturated rings. The summed E-state index contributed by atoms with van der Waals surface area (Å²) in [7, 11) is 0. The normalized spacial score (nSPS) is 18.2. The number of carbonyl (C=O) groups is 1. The molecule has 4 rings (SSSR count). The van der Waals surface area contributed by atoms with Gasteiger partial charge in [-0.2, -0.15) is 0 Å². The number of alkyl halides is 2. The van der Waals surface area contributed by atoms with Gasteiger partial charge in [0, 0.05) is 18.8 Å². The van der Waals surface area contributed by atoms with Gasteiger partial charge >= 0.3 is 0 Å². The number of pyridine rings is 1. The molecule has 1 amide bonds. The number of carbonyl (C=O) groups excluding carboxylic acids is 1. The fourth-order valence-electron chi connectivity index (χ4n) is 3.52. The maximum atomic E-state index is 14.2. The van der Waals surface area contributed by atoms with E-state index in [0.717, 1.165) is 10.5 Å². The predicted octanol–water partition coefficient (Wildman–Crippen LogP) is 3.01. The Bertz CT molecular complexity index is 991. The van der Waals surface area contributed by atoms with Crippen molar-refractivity contribution in [2.24, 2.45) is 0 Å². The monoisotopic (exact) mass is 401 g/mol. The molecule has 0 unspecified atom stereocenters. The van der Waals surface area contributed by atoms with E-state index in [9.17, 15) is 18.0 Å². The van der Waals surface area contributed by atoms with Crippen LogP contribution in [-0.4, -0.2) is 43.0 Å². The van der Waals surface area contributed by atoms with Crippen LogP contribution < -0.4 is 0 Å². The number of amides is 1. The standard InChI is InChI=1S/C20H18F3N5O/c21-16-5-3-14(4-6-16)11-27-13-25-26-19(27)17-9-20(22,23)12-28(17)18(29)8-15-2-1-7-24-10-15/h1-7,10,13,17H,8-9,11-12H2/t17-/m0/s1. The van der Waals surface area contributed by atoms with E-state index in [1.807, 2.05) is 0 Å². The highest BCUT2D eigenvalue weighted by Crippen LogP contribution is 2.40. The molecule has 1 aliphatic heterocycles. The van der Waals surface area contributed by atoms with E-state index in [1.54, 1.807) is 35.0 Å². The number of rotatable bonds is 5. The van der Waals surface area contributed by atoms with Gasteiger partial charge in [-0.15, -0.1) is 10.2 Å². The van der Waals surface area contributed by atoms with Crippen molar-refractivity contribution in [2.45, 2.75) is 31.4 Å². The summed E-state index contributed by atoms with van der Waals surface area (Å²) in [6.07, 6.45) is 4.01. The first kappa shape index (κ1) is 19.1. The summed E-state index contributed by atoms with van der Waals surface area (Å²) in [4.78, 5) is 17.9. The maximum absolute atomic E-state index is 14.2. The fourth-order valence-corrected chi connectivity index (χ4v) is 3.52. The number of nitrogens with zero attached hydrogens (tertiary/aromatic N) is 5. The highest BCUT2D eigenvalue weighted by molar-refractivity contribution is 5.79. The zero-order valence-electron chi connectivity index (χ0n) is 15.4. The van der Waals surface area contributed by atoms with E-state index in [0.29, 0.717) is 5.56 Å². The number of aromatic nitrogens is 4. The zero-order chi connectivity index (χ0) is 20.4. The Morgan fingerprint density at radius 1 is 1.17 bits per heavy atom. The van der Waals surface area contributed by atoms with E-state index in [-0.39, 0.29) is 24.6 Å². The third-order valence-electron chi connectivity index (χ3n) is 4.88. The molecule has 0 aliphatic carbocycles. The lowest BCUT2D eigenvalue weighted by Crippen LogP contribution is -2.35. The number of hydrogen-bond acceptors (Lipinski definition) is 4. The largest absolute Gasteiger partial charge is 0.326 e. The van der Waals surface area contributed by atoms with Crippen LogP contribution in [0.4, 0.5) is 13.2 Å². The van der Waals surface area contributed by atoms with Gasteiger partial charge in [0.05, 0.1) is 25.6 Å². The van der Waals surface area contributed by atoms with Crippen LogP contribution in [0.25, 0.3) is 0 Å². The summed E-state index contributed by atoms with van der Waals surface area (Å²) < 4.78 is 43.2. The van der Waals surface area contributed by atoms with Crippen molar-refractivity contribution in [1.29, 1.82) is 0 Å². The molecule has 0 N–H and O–H groups in total. The van der Waals surface area contributed by atoms with Gasteiger partial charge in [0.1, 0.15) is 12.1 Å². The van der Waals surface area contributed by atoms with Crippen molar-refractivity contribution in [2.75, 3.05) is 6.54 Å². The minimum atomic E-state index is -3.01. The number of likely N-dealkylation sites (tertiary alicyclic amines) is 1. The molecule has 1 atom stereocenters. The molecule has 0 spiro atoms. The van der Waals surface area contributed by atoms with Crippen molar-refractivity contribution < 1.29 is 18.0 Å².